The average Bonchev–Trinajstić information content (AvgIpc) is 2.82. The van der Waals surface area contributed by atoms with Crippen LogP contribution in [-0.4, -0.2) is 21.0 Å². The number of hydrogen-bond acceptors (Lipinski definition) is 7. The lowest BCUT2D eigenvalue weighted by molar-refractivity contribution is 0.318. The van der Waals surface area contributed by atoms with Crippen LogP contribution in [0.4, 0.5) is 10.1 Å². The molecule has 0 amide bonds. The number of aryl methyl sites for hydroxylation is 1. The van der Waals surface area contributed by atoms with Crippen LogP contribution in [-0.2, 0) is 0 Å². The number of hydrogen-bond donors (Lipinski definition) is 3. The molecule has 0 saturated heterocycles. The molecular formula is C24H21ClFN5O3. The maximum absolute atomic E-state index is 14.5. The van der Waals surface area contributed by atoms with Crippen LogP contribution in [0.3, 0.4) is 0 Å². The molecule has 3 heterocycles. The summed E-state index contributed by atoms with van der Waals surface area (Å²) >= 11 is 5.97. The molecule has 174 valence electrons. The molecule has 34 heavy (non-hydrogen) atoms. The van der Waals surface area contributed by atoms with Crippen molar-refractivity contribution in [3.8, 4) is 11.3 Å². The van der Waals surface area contributed by atoms with Gasteiger partial charge in [-0.1, -0.05) is 22.8 Å². The van der Waals surface area contributed by atoms with E-state index in [1.54, 1.807) is 25.1 Å². The standard InChI is InChI=1S/C24H21ClFN5O3/c1-11-8-14(13(3)29-18-4-5-19(25)30-20(18)24(27)31-33)23-15(9-11)21(32)12(2)22(34-23)16-10-28-7-6-17(16)26/h4-10,13,29,33H,1-3H3,(H2,27,31)/t13-/m1/s1. The van der Waals surface area contributed by atoms with Crippen molar-refractivity contribution >= 4 is 34.1 Å². The minimum atomic E-state index is -0.545. The van der Waals surface area contributed by atoms with Gasteiger partial charge in [-0.2, -0.15) is 0 Å². The van der Waals surface area contributed by atoms with Crippen molar-refractivity contribution in [1.82, 2.24) is 9.97 Å². The van der Waals surface area contributed by atoms with E-state index >= 15 is 0 Å². The number of nitrogens with two attached hydrogens (primary N) is 1. The quantitative estimate of drug-likeness (QED) is 0.121. The van der Waals surface area contributed by atoms with Crippen LogP contribution in [0.5, 0.6) is 0 Å². The summed E-state index contributed by atoms with van der Waals surface area (Å²) in [5.41, 5.74) is 8.31. The second kappa shape index (κ2) is 9.11. The third kappa shape index (κ3) is 4.17. The van der Waals surface area contributed by atoms with Gasteiger partial charge in [-0.15, -0.1) is 0 Å². The average molecular weight is 482 g/mol. The number of oxime groups is 1. The lowest BCUT2D eigenvalue weighted by atomic mass is 9.99. The van der Waals surface area contributed by atoms with E-state index in [9.17, 15) is 9.18 Å². The topological polar surface area (TPSA) is 127 Å². The summed E-state index contributed by atoms with van der Waals surface area (Å²) in [6.07, 6.45) is 2.65. The second-order valence-electron chi connectivity index (χ2n) is 7.85. The van der Waals surface area contributed by atoms with Gasteiger partial charge in [-0.25, -0.2) is 9.37 Å². The zero-order valence-electron chi connectivity index (χ0n) is 18.6. The molecular weight excluding hydrogens is 461 g/mol. The lowest BCUT2D eigenvalue weighted by Gasteiger charge is -2.20. The monoisotopic (exact) mass is 481 g/mol. The number of benzene rings is 1. The van der Waals surface area contributed by atoms with Crippen molar-refractivity contribution in [2.75, 3.05) is 5.32 Å². The number of pyridine rings is 2. The maximum Gasteiger partial charge on any atom is 0.196 e. The predicted octanol–water partition coefficient (Wildman–Crippen LogP) is 4.93. The van der Waals surface area contributed by atoms with Gasteiger partial charge in [0.15, 0.2) is 11.3 Å². The number of fused-ring (bicyclic) bond motifs is 1. The summed E-state index contributed by atoms with van der Waals surface area (Å²) in [5, 5.41) is 15.9. The molecule has 1 atom stereocenters. The fraction of sp³-hybridized carbons (Fsp3) is 0.167. The van der Waals surface area contributed by atoms with Gasteiger partial charge in [-0.05, 0) is 50.6 Å². The van der Waals surface area contributed by atoms with E-state index in [4.69, 9.17) is 27.0 Å². The van der Waals surface area contributed by atoms with E-state index in [0.29, 0.717) is 22.2 Å². The molecule has 1 aromatic carbocycles. The van der Waals surface area contributed by atoms with Gasteiger partial charge < -0.3 is 20.7 Å². The number of amidine groups is 1. The molecule has 0 unspecified atom stereocenters. The van der Waals surface area contributed by atoms with Crippen molar-refractivity contribution in [1.29, 1.82) is 0 Å². The molecule has 4 aromatic rings. The molecule has 8 nitrogen and oxygen atoms in total. The summed E-state index contributed by atoms with van der Waals surface area (Å²) in [7, 11) is 0. The number of nitrogens with zero attached hydrogens (tertiary/aromatic N) is 3. The van der Waals surface area contributed by atoms with Crippen LogP contribution in [0.15, 0.2) is 57.1 Å². The van der Waals surface area contributed by atoms with Gasteiger partial charge in [-0.3, -0.25) is 9.78 Å². The Kier molecular flexibility index (Phi) is 6.21. The normalized spacial score (nSPS) is 12.7. The number of halogens is 2. The summed E-state index contributed by atoms with van der Waals surface area (Å²) < 4.78 is 20.7. The summed E-state index contributed by atoms with van der Waals surface area (Å²) in [5.74, 6) is -0.648. The van der Waals surface area contributed by atoms with Crippen molar-refractivity contribution in [2.45, 2.75) is 26.8 Å². The van der Waals surface area contributed by atoms with Gasteiger partial charge in [0.1, 0.15) is 28.0 Å². The number of rotatable bonds is 5. The molecule has 0 radical (unpaired) electrons. The van der Waals surface area contributed by atoms with Gasteiger partial charge in [0.05, 0.1) is 22.7 Å². The predicted molar refractivity (Wildman–Crippen MR) is 129 cm³/mol. The minimum Gasteiger partial charge on any atom is -0.455 e. The Bertz CT molecular complexity index is 1500. The maximum atomic E-state index is 14.5. The highest BCUT2D eigenvalue weighted by Gasteiger charge is 2.21. The molecule has 4 N–H and O–H groups in total. The third-order valence-electron chi connectivity index (χ3n) is 5.45. The van der Waals surface area contributed by atoms with Crippen LogP contribution in [0.2, 0.25) is 5.15 Å². The highest BCUT2D eigenvalue weighted by molar-refractivity contribution is 6.29. The largest absolute Gasteiger partial charge is 0.455 e. The van der Waals surface area contributed by atoms with E-state index in [-0.39, 0.29) is 39.0 Å². The van der Waals surface area contributed by atoms with Crippen molar-refractivity contribution in [3.63, 3.8) is 0 Å². The number of anilines is 1. The van der Waals surface area contributed by atoms with Crippen LogP contribution in [0.1, 0.15) is 35.3 Å². The summed E-state index contributed by atoms with van der Waals surface area (Å²) in [4.78, 5) is 21.3. The van der Waals surface area contributed by atoms with E-state index in [2.05, 4.69) is 20.4 Å². The first-order chi connectivity index (χ1) is 16.2. The van der Waals surface area contributed by atoms with Gasteiger partial charge >= 0.3 is 0 Å². The van der Waals surface area contributed by atoms with Gasteiger partial charge in [0.25, 0.3) is 0 Å². The third-order valence-corrected chi connectivity index (χ3v) is 5.67. The molecule has 3 aromatic heterocycles. The Morgan fingerprint density at radius 3 is 2.76 bits per heavy atom. The first-order valence-corrected chi connectivity index (χ1v) is 10.7. The van der Waals surface area contributed by atoms with E-state index in [0.717, 1.165) is 5.56 Å². The Labute approximate surface area is 198 Å². The zero-order chi connectivity index (χ0) is 24.6. The Morgan fingerprint density at radius 2 is 2.06 bits per heavy atom. The number of aromatic nitrogens is 2. The summed E-state index contributed by atoms with van der Waals surface area (Å²) in [6, 6.07) is 7.60. The number of nitrogens with one attached hydrogen (secondary N) is 1. The van der Waals surface area contributed by atoms with Crippen LogP contribution >= 0.6 is 11.6 Å². The van der Waals surface area contributed by atoms with Crippen molar-refractivity contribution in [3.05, 3.63) is 86.3 Å². The molecule has 4 rings (SSSR count). The second-order valence-corrected chi connectivity index (χ2v) is 8.24. The fourth-order valence-corrected chi connectivity index (χ4v) is 3.94. The summed E-state index contributed by atoms with van der Waals surface area (Å²) in [6.45, 7) is 5.31. The molecule has 0 saturated carbocycles. The van der Waals surface area contributed by atoms with Crippen molar-refractivity contribution < 1.29 is 14.0 Å². The van der Waals surface area contributed by atoms with Gasteiger partial charge in [0, 0.05) is 23.5 Å². The minimum absolute atomic E-state index is 0.0993. The van der Waals surface area contributed by atoms with E-state index in [1.807, 2.05) is 19.9 Å². The lowest BCUT2D eigenvalue weighted by Crippen LogP contribution is -2.19. The highest BCUT2D eigenvalue weighted by atomic mass is 35.5. The van der Waals surface area contributed by atoms with Crippen molar-refractivity contribution in [2.24, 2.45) is 10.9 Å². The Hall–Kier alpha value is -3.98. The smallest absolute Gasteiger partial charge is 0.196 e. The first-order valence-electron chi connectivity index (χ1n) is 10.3. The molecule has 0 spiro atoms. The Balaban J connectivity index is 1.90. The fourth-order valence-electron chi connectivity index (χ4n) is 3.80. The van der Waals surface area contributed by atoms with Crippen LogP contribution in [0, 0.1) is 19.7 Å². The SMILES string of the molecule is Cc1cc([C@@H](C)Nc2ccc(Cl)nc2/C(N)=N/O)c2oc(-c3cnccc3F)c(C)c(=O)c2c1. The van der Waals surface area contributed by atoms with Gasteiger partial charge in [0.2, 0.25) is 0 Å². The van der Waals surface area contributed by atoms with Crippen LogP contribution in [0.25, 0.3) is 22.3 Å². The molecule has 10 heteroatoms. The zero-order valence-corrected chi connectivity index (χ0v) is 19.3. The molecule has 0 aliphatic heterocycles. The molecule has 0 aliphatic carbocycles. The van der Waals surface area contributed by atoms with E-state index < -0.39 is 11.9 Å². The molecule has 0 bridgehead atoms. The molecule has 0 fully saturated rings. The first kappa shape index (κ1) is 23.2. The van der Waals surface area contributed by atoms with E-state index in [1.165, 1.54) is 18.5 Å². The Morgan fingerprint density at radius 1 is 1.29 bits per heavy atom. The highest BCUT2D eigenvalue weighted by Crippen LogP contribution is 2.33. The van der Waals surface area contributed by atoms with Crippen LogP contribution < -0.4 is 16.5 Å². The molecule has 0 aliphatic rings.